The van der Waals surface area contributed by atoms with Gasteiger partial charge in [0.15, 0.2) is 11.6 Å². The molecule has 2 aromatic heterocycles. The van der Waals surface area contributed by atoms with Crippen LogP contribution in [-0.2, 0) is 17.5 Å². The van der Waals surface area contributed by atoms with Gasteiger partial charge in [-0.2, -0.15) is 0 Å². The first-order chi connectivity index (χ1) is 13.6. The number of aromatic nitrogens is 2. The average molecular weight is 444 g/mol. The van der Waals surface area contributed by atoms with Crippen LogP contribution in [0.1, 0.15) is 32.3 Å². The first kappa shape index (κ1) is 21.8. The van der Waals surface area contributed by atoms with E-state index in [1.165, 1.54) is 18.2 Å². The van der Waals surface area contributed by atoms with Crippen molar-refractivity contribution < 1.29 is 23.2 Å². The third-order valence-corrected chi connectivity index (χ3v) is 5.64. The van der Waals surface area contributed by atoms with Gasteiger partial charge in [0.25, 0.3) is 0 Å². The van der Waals surface area contributed by atoms with Crippen molar-refractivity contribution >= 4 is 41.4 Å². The molecule has 0 spiro atoms. The highest BCUT2D eigenvalue weighted by Crippen LogP contribution is 2.37. The van der Waals surface area contributed by atoms with Gasteiger partial charge in [0.2, 0.25) is 5.50 Å². The van der Waals surface area contributed by atoms with Gasteiger partial charge < -0.3 is 24.5 Å². The Kier molecular flexibility index (Phi) is 6.39. The third-order valence-electron chi connectivity index (χ3n) is 4.56. The molecule has 158 valence electrons. The molecule has 3 aromatic rings. The van der Waals surface area contributed by atoms with Gasteiger partial charge in [0.05, 0.1) is 11.2 Å². The SMILES string of the molecule is CC(C)Cn1c(-c2ccc(P(=O)(O)O)o2)nc2c(N)c(F)cc(CCCCCl)c21. The summed E-state index contributed by atoms with van der Waals surface area (Å²) in [7, 11) is -4.54. The number of alkyl halides is 1. The van der Waals surface area contributed by atoms with Crippen LogP contribution in [0.3, 0.4) is 0 Å². The van der Waals surface area contributed by atoms with Gasteiger partial charge in [-0.3, -0.25) is 4.57 Å². The first-order valence-electron chi connectivity index (χ1n) is 9.32. The molecule has 0 bridgehead atoms. The maximum atomic E-state index is 14.5. The fourth-order valence-corrected chi connectivity index (χ4v) is 3.99. The Balaban J connectivity index is 2.24. The normalized spacial score (nSPS) is 12.4. The Morgan fingerprint density at radius 1 is 1.34 bits per heavy atom. The molecule has 0 saturated heterocycles. The van der Waals surface area contributed by atoms with Crippen molar-refractivity contribution in [2.75, 3.05) is 11.6 Å². The predicted molar refractivity (Wildman–Crippen MR) is 112 cm³/mol. The van der Waals surface area contributed by atoms with Crippen LogP contribution in [-0.4, -0.2) is 25.2 Å². The number of benzene rings is 1. The van der Waals surface area contributed by atoms with Crippen LogP contribution in [0.5, 0.6) is 0 Å². The summed E-state index contributed by atoms with van der Waals surface area (Å²) in [6, 6.07) is 4.10. The van der Waals surface area contributed by atoms with E-state index in [2.05, 4.69) is 4.98 Å². The second-order valence-corrected chi connectivity index (χ2v) is 9.30. The Hall–Kier alpha value is -1.86. The van der Waals surface area contributed by atoms with Gasteiger partial charge in [0, 0.05) is 12.4 Å². The fourth-order valence-electron chi connectivity index (χ4n) is 3.31. The summed E-state index contributed by atoms with van der Waals surface area (Å²) in [6.45, 7) is 4.60. The second kappa shape index (κ2) is 8.48. The van der Waals surface area contributed by atoms with E-state index in [9.17, 15) is 18.7 Å². The molecule has 29 heavy (non-hydrogen) atoms. The number of rotatable bonds is 8. The largest absolute Gasteiger partial charge is 0.445 e. The monoisotopic (exact) mass is 443 g/mol. The molecule has 3 rings (SSSR count). The van der Waals surface area contributed by atoms with E-state index in [1.54, 1.807) is 0 Å². The quantitative estimate of drug-likeness (QED) is 0.209. The van der Waals surface area contributed by atoms with E-state index in [-0.39, 0.29) is 17.4 Å². The van der Waals surface area contributed by atoms with Crippen LogP contribution in [0.4, 0.5) is 10.1 Å². The summed E-state index contributed by atoms with van der Waals surface area (Å²) in [5.41, 5.74) is 7.25. The zero-order chi connectivity index (χ0) is 21.3. The van der Waals surface area contributed by atoms with Crippen LogP contribution in [0.25, 0.3) is 22.6 Å². The number of hydrogen-bond donors (Lipinski definition) is 3. The molecule has 0 aliphatic heterocycles. The Morgan fingerprint density at radius 3 is 2.66 bits per heavy atom. The molecule has 2 heterocycles. The maximum Gasteiger partial charge on any atom is 0.391 e. The molecule has 0 aliphatic carbocycles. The maximum absolute atomic E-state index is 14.5. The van der Waals surface area contributed by atoms with Crippen molar-refractivity contribution in [3.63, 3.8) is 0 Å². The van der Waals surface area contributed by atoms with Gasteiger partial charge in [0.1, 0.15) is 11.3 Å². The lowest BCUT2D eigenvalue weighted by atomic mass is 10.0. The van der Waals surface area contributed by atoms with E-state index in [0.29, 0.717) is 35.7 Å². The molecule has 0 unspecified atom stereocenters. The molecule has 4 N–H and O–H groups in total. The average Bonchev–Trinajstić information content (AvgIpc) is 3.24. The Bertz CT molecular complexity index is 1070. The minimum atomic E-state index is -4.54. The third kappa shape index (κ3) is 4.51. The van der Waals surface area contributed by atoms with Crippen molar-refractivity contribution in [1.29, 1.82) is 0 Å². The number of hydrogen-bond acceptors (Lipinski definition) is 4. The Labute approximate surface area is 172 Å². The molecule has 7 nitrogen and oxygen atoms in total. The summed E-state index contributed by atoms with van der Waals surface area (Å²) in [5.74, 6) is 0.740. The van der Waals surface area contributed by atoms with E-state index in [4.69, 9.17) is 21.8 Å². The van der Waals surface area contributed by atoms with Gasteiger partial charge in [-0.15, -0.1) is 11.6 Å². The minimum Gasteiger partial charge on any atom is -0.445 e. The van der Waals surface area contributed by atoms with Crippen LogP contribution in [0.15, 0.2) is 22.6 Å². The summed E-state index contributed by atoms with van der Waals surface area (Å²) in [6.07, 6.45) is 2.19. The number of anilines is 1. The summed E-state index contributed by atoms with van der Waals surface area (Å²) >= 11 is 5.78. The number of halogens is 2. The van der Waals surface area contributed by atoms with Crippen LogP contribution in [0.2, 0.25) is 0 Å². The van der Waals surface area contributed by atoms with Crippen molar-refractivity contribution in [2.24, 2.45) is 5.92 Å². The smallest absolute Gasteiger partial charge is 0.391 e. The first-order valence-corrected chi connectivity index (χ1v) is 11.5. The van der Waals surface area contributed by atoms with Crippen molar-refractivity contribution in [3.8, 4) is 11.6 Å². The highest BCUT2D eigenvalue weighted by atomic mass is 35.5. The number of nitrogen functional groups attached to an aromatic ring is 1. The molecule has 0 fully saturated rings. The van der Waals surface area contributed by atoms with Gasteiger partial charge in [-0.05, 0) is 48.9 Å². The molecule has 0 saturated carbocycles. The number of furan rings is 1. The van der Waals surface area contributed by atoms with Gasteiger partial charge >= 0.3 is 7.60 Å². The zero-order valence-electron chi connectivity index (χ0n) is 16.2. The Morgan fingerprint density at radius 2 is 2.07 bits per heavy atom. The molecular weight excluding hydrogens is 420 g/mol. The van der Waals surface area contributed by atoms with Gasteiger partial charge in [-0.25, -0.2) is 9.37 Å². The highest BCUT2D eigenvalue weighted by molar-refractivity contribution is 7.59. The molecule has 0 aliphatic rings. The van der Waals surface area contributed by atoms with Crippen molar-refractivity contribution in [2.45, 2.75) is 39.7 Å². The molecule has 10 heteroatoms. The number of unbranched alkanes of at least 4 members (excludes halogenated alkanes) is 1. The lowest BCUT2D eigenvalue weighted by molar-refractivity contribution is 0.377. The van der Waals surface area contributed by atoms with Crippen molar-refractivity contribution in [1.82, 2.24) is 9.55 Å². The fraction of sp³-hybridized carbons (Fsp3) is 0.421. The zero-order valence-corrected chi connectivity index (χ0v) is 17.9. The highest BCUT2D eigenvalue weighted by Gasteiger charge is 2.26. The standard InChI is InChI=1S/C19H24ClFN3O4P/c1-11(2)10-24-18-12(5-3-4-8-20)9-13(21)16(22)17(18)23-19(24)14-6-7-15(28-14)29(25,26)27/h6-7,9,11H,3-5,8,10,22H2,1-2H3,(H2,25,26,27). The van der Waals surface area contributed by atoms with Crippen LogP contribution >= 0.6 is 19.2 Å². The number of nitrogens with two attached hydrogens (primary N) is 1. The summed E-state index contributed by atoms with van der Waals surface area (Å²) in [5, 5.41) is 0. The molecule has 0 amide bonds. The van der Waals surface area contributed by atoms with Gasteiger partial charge in [-0.1, -0.05) is 13.8 Å². The molecule has 0 radical (unpaired) electrons. The number of aryl methyl sites for hydroxylation is 1. The van der Waals surface area contributed by atoms with E-state index < -0.39 is 18.9 Å². The number of fused-ring (bicyclic) bond motifs is 1. The summed E-state index contributed by atoms with van der Waals surface area (Å²) < 4.78 is 33.2. The molecular formula is C19H24ClFN3O4P. The van der Waals surface area contributed by atoms with E-state index in [0.717, 1.165) is 18.4 Å². The second-order valence-electron chi connectivity index (χ2n) is 7.40. The van der Waals surface area contributed by atoms with E-state index in [1.807, 2.05) is 18.4 Å². The number of nitrogens with zero attached hydrogens (tertiary/aromatic N) is 2. The van der Waals surface area contributed by atoms with Crippen LogP contribution in [0, 0.1) is 11.7 Å². The molecule has 1 aromatic carbocycles. The lowest BCUT2D eigenvalue weighted by Gasteiger charge is -2.14. The lowest BCUT2D eigenvalue weighted by Crippen LogP contribution is -2.08. The number of imidazole rings is 1. The van der Waals surface area contributed by atoms with E-state index >= 15 is 0 Å². The van der Waals surface area contributed by atoms with Crippen LogP contribution < -0.4 is 11.2 Å². The topological polar surface area (TPSA) is 115 Å². The predicted octanol–water partition coefficient (Wildman–Crippen LogP) is 4.04. The van der Waals surface area contributed by atoms with Crippen molar-refractivity contribution in [3.05, 3.63) is 29.6 Å². The minimum absolute atomic E-state index is 0.0633. The summed E-state index contributed by atoms with van der Waals surface area (Å²) in [4.78, 5) is 23.2. The molecule has 0 atom stereocenters.